The van der Waals surface area contributed by atoms with Gasteiger partial charge in [0, 0.05) is 6.42 Å². The third-order valence-electron chi connectivity index (χ3n) is 5.69. The minimum atomic E-state index is -0.140. The van der Waals surface area contributed by atoms with Crippen molar-refractivity contribution >= 4 is 5.97 Å². The SMILES string of the molecule is CCC(=O)O[C@@]1(C)C2CCC3CC(C2)CC1C3. The molecule has 0 spiro atoms. The van der Waals surface area contributed by atoms with E-state index in [0.717, 1.165) is 11.8 Å². The molecule has 4 rings (SSSR count). The highest BCUT2D eigenvalue weighted by molar-refractivity contribution is 5.69. The van der Waals surface area contributed by atoms with Crippen LogP contribution in [-0.2, 0) is 9.53 Å². The zero-order valence-corrected chi connectivity index (χ0v) is 11.1. The van der Waals surface area contributed by atoms with Crippen LogP contribution in [0.3, 0.4) is 0 Å². The van der Waals surface area contributed by atoms with Gasteiger partial charge in [-0.05, 0) is 62.7 Å². The molecule has 0 aromatic heterocycles. The number of rotatable bonds is 2. The molecule has 5 atom stereocenters. The van der Waals surface area contributed by atoms with E-state index < -0.39 is 0 Å². The molecule has 4 saturated carbocycles. The van der Waals surface area contributed by atoms with Gasteiger partial charge in [0.05, 0.1) is 0 Å². The van der Waals surface area contributed by atoms with Crippen LogP contribution in [0.4, 0.5) is 0 Å². The normalized spacial score (nSPS) is 47.9. The van der Waals surface area contributed by atoms with Crippen molar-refractivity contribution in [3.8, 4) is 0 Å². The van der Waals surface area contributed by atoms with Crippen LogP contribution in [0, 0.1) is 23.7 Å². The lowest BCUT2D eigenvalue weighted by Gasteiger charge is -2.50. The van der Waals surface area contributed by atoms with Crippen LogP contribution in [-0.4, -0.2) is 11.6 Å². The highest BCUT2D eigenvalue weighted by atomic mass is 16.6. The number of ether oxygens (including phenoxy) is 1. The van der Waals surface area contributed by atoms with E-state index in [4.69, 9.17) is 4.74 Å². The molecule has 0 amide bonds. The van der Waals surface area contributed by atoms with Gasteiger partial charge in [0.2, 0.25) is 0 Å². The van der Waals surface area contributed by atoms with Crippen LogP contribution in [0.2, 0.25) is 0 Å². The molecule has 2 heteroatoms. The second-order valence-electron chi connectivity index (χ2n) is 6.66. The molecular formula is C15H24O2. The molecule has 0 aromatic carbocycles. The van der Waals surface area contributed by atoms with Crippen LogP contribution < -0.4 is 0 Å². The first kappa shape index (κ1) is 11.6. The average molecular weight is 236 g/mol. The van der Waals surface area contributed by atoms with E-state index in [2.05, 4.69) is 6.92 Å². The molecule has 0 N–H and O–H groups in total. The number of fused-ring (bicyclic) bond motifs is 1. The van der Waals surface area contributed by atoms with Crippen LogP contribution in [0.1, 0.15) is 58.8 Å². The largest absolute Gasteiger partial charge is 0.459 e. The summed E-state index contributed by atoms with van der Waals surface area (Å²) in [7, 11) is 0. The standard InChI is InChI=1S/C15H24O2/c1-3-14(16)17-15(2)12-5-4-10-6-11(8-12)9-13(15)7-10/h10-13H,3-9H2,1-2H3/t10?,11?,12?,13?,15-/m0/s1. The smallest absolute Gasteiger partial charge is 0.306 e. The molecule has 4 aliphatic carbocycles. The summed E-state index contributed by atoms with van der Waals surface area (Å²) >= 11 is 0. The van der Waals surface area contributed by atoms with E-state index in [0.29, 0.717) is 18.3 Å². The molecule has 4 aliphatic rings. The number of esters is 1. The predicted molar refractivity (Wildman–Crippen MR) is 66.5 cm³/mol. The van der Waals surface area contributed by atoms with Crippen LogP contribution in [0.15, 0.2) is 0 Å². The van der Waals surface area contributed by atoms with Gasteiger partial charge in [-0.1, -0.05) is 13.3 Å². The third kappa shape index (κ3) is 1.80. The molecule has 0 aliphatic heterocycles. The minimum Gasteiger partial charge on any atom is -0.459 e. The Hall–Kier alpha value is -0.530. The molecule has 2 nitrogen and oxygen atoms in total. The Morgan fingerprint density at radius 3 is 2.59 bits per heavy atom. The summed E-state index contributed by atoms with van der Waals surface area (Å²) < 4.78 is 5.90. The maximum atomic E-state index is 11.7. The van der Waals surface area contributed by atoms with Crippen molar-refractivity contribution < 1.29 is 9.53 Å². The van der Waals surface area contributed by atoms with Gasteiger partial charge in [-0.25, -0.2) is 0 Å². The van der Waals surface area contributed by atoms with Crippen molar-refractivity contribution in [3.63, 3.8) is 0 Å². The van der Waals surface area contributed by atoms with E-state index in [1.165, 1.54) is 38.5 Å². The van der Waals surface area contributed by atoms with Gasteiger partial charge in [-0.15, -0.1) is 0 Å². The van der Waals surface area contributed by atoms with Crippen molar-refractivity contribution in [1.29, 1.82) is 0 Å². The zero-order valence-electron chi connectivity index (χ0n) is 11.1. The molecule has 4 bridgehead atoms. The molecule has 4 fully saturated rings. The average Bonchev–Trinajstić information content (AvgIpc) is 2.50. The summed E-state index contributed by atoms with van der Waals surface area (Å²) in [5.74, 6) is 3.13. The first-order valence-corrected chi connectivity index (χ1v) is 7.33. The first-order valence-electron chi connectivity index (χ1n) is 7.33. The Morgan fingerprint density at radius 2 is 1.82 bits per heavy atom. The second kappa shape index (κ2) is 4.00. The minimum absolute atomic E-state index is 0.0000246. The second-order valence-corrected chi connectivity index (χ2v) is 6.66. The van der Waals surface area contributed by atoms with Gasteiger partial charge in [0.25, 0.3) is 0 Å². The fourth-order valence-electron chi connectivity index (χ4n) is 4.76. The summed E-state index contributed by atoms with van der Waals surface area (Å²) in [6.45, 7) is 4.12. The zero-order chi connectivity index (χ0) is 12.0. The van der Waals surface area contributed by atoms with Gasteiger partial charge in [0.1, 0.15) is 5.60 Å². The van der Waals surface area contributed by atoms with Gasteiger partial charge >= 0.3 is 5.97 Å². The van der Waals surface area contributed by atoms with E-state index >= 15 is 0 Å². The quantitative estimate of drug-likeness (QED) is 0.685. The topological polar surface area (TPSA) is 26.3 Å². The molecular weight excluding hydrogens is 212 g/mol. The summed E-state index contributed by atoms with van der Waals surface area (Å²) in [5.41, 5.74) is -0.140. The van der Waals surface area contributed by atoms with E-state index in [1.54, 1.807) is 0 Å². The lowest BCUT2D eigenvalue weighted by molar-refractivity contribution is -0.182. The molecule has 0 saturated heterocycles. The summed E-state index contributed by atoms with van der Waals surface area (Å²) in [4.78, 5) is 11.7. The predicted octanol–water partition coefficient (Wildman–Crippen LogP) is 3.54. The summed E-state index contributed by atoms with van der Waals surface area (Å²) in [6.07, 6.45) is 8.54. The molecule has 0 aromatic rings. The van der Waals surface area contributed by atoms with Crippen LogP contribution >= 0.6 is 0 Å². The van der Waals surface area contributed by atoms with E-state index in [1.807, 2.05) is 6.92 Å². The van der Waals surface area contributed by atoms with Crippen molar-refractivity contribution in [2.24, 2.45) is 23.7 Å². The van der Waals surface area contributed by atoms with Crippen LogP contribution in [0.25, 0.3) is 0 Å². The third-order valence-corrected chi connectivity index (χ3v) is 5.69. The highest BCUT2D eigenvalue weighted by Crippen LogP contribution is 2.57. The fourth-order valence-corrected chi connectivity index (χ4v) is 4.76. The molecule has 96 valence electrons. The van der Waals surface area contributed by atoms with Gasteiger partial charge < -0.3 is 4.74 Å². The lowest BCUT2D eigenvalue weighted by Crippen LogP contribution is -2.51. The number of hydrogen-bond acceptors (Lipinski definition) is 2. The molecule has 4 unspecified atom stereocenters. The number of carbonyl (C=O) groups is 1. The number of carbonyl (C=O) groups excluding carboxylic acids is 1. The van der Waals surface area contributed by atoms with Crippen LogP contribution in [0.5, 0.6) is 0 Å². The monoisotopic (exact) mass is 236 g/mol. The van der Waals surface area contributed by atoms with Crippen molar-refractivity contribution in [2.75, 3.05) is 0 Å². The maximum Gasteiger partial charge on any atom is 0.306 e. The van der Waals surface area contributed by atoms with Gasteiger partial charge in [0.15, 0.2) is 0 Å². The molecule has 0 radical (unpaired) electrons. The summed E-state index contributed by atoms with van der Waals surface area (Å²) in [6, 6.07) is 0. The van der Waals surface area contributed by atoms with E-state index in [-0.39, 0.29) is 11.6 Å². The Balaban J connectivity index is 1.86. The van der Waals surface area contributed by atoms with Gasteiger partial charge in [-0.2, -0.15) is 0 Å². The first-order chi connectivity index (χ1) is 8.11. The van der Waals surface area contributed by atoms with Crippen molar-refractivity contribution in [3.05, 3.63) is 0 Å². The van der Waals surface area contributed by atoms with Crippen molar-refractivity contribution in [1.82, 2.24) is 0 Å². The highest BCUT2D eigenvalue weighted by Gasteiger charge is 2.54. The Morgan fingerprint density at radius 1 is 1.12 bits per heavy atom. The molecule has 17 heavy (non-hydrogen) atoms. The van der Waals surface area contributed by atoms with Crippen molar-refractivity contribution in [2.45, 2.75) is 64.4 Å². The Labute approximate surface area is 104 Å². The Bertz CT molecular complexity index is 315. The lowest BCUT2D eigenvalue weighted by atomic mass is 9.60. The summed E-state index contributed by atoms with van der Waals surface area (Å²) in [5, 5.41) is 0. The van der Waals surface area contributed by atoms with Gasteiger partial charge in [-0.3, -0.25) is 4.79 Å². The maximum absolute atomic E-state index is 11.7. The molecule has 0 heterocycles. The van der Waals surface area contributed by atoms with E-state index in [9.17, 15) is 4.79 Å². The fraction of sp³-hybridized carbons (Fsp3) is 0.933. The number of hydrogen-bond donors (Lipinski definition) is 0. The Kier molecular flexibility index (Phi) is 2.72.